The first-order chi connectivity index (χ1) is 10.6. The van der Waals surface area contributed by atoms with E-state index in [0.29, 0.717) is 5.44 Å². The minimum atomic E-state index is -3.37. The molecule has 23 heavy (non-hydrogen) atoms. The predicted octanol–water partition coefficient (Wildman–Crippen LogP) is 2.27. The molecule has 1 aliphatic heterocycles. The third kappa shape index (κ3) is 3.70. The average Bonchev–Trinajstić information content (AvgIpc) is 2.68. The average molecular weight is 341 g/mol. The molecule has 8 heteroatoms. The van der Waals surface area contributed by atoms with E-state index in [0.717, 1.165) is 5.46 Å². The van der Waals surface area contributed by atoms with Crippen LogP contribution >= 0.6 is 7.60 Å². The highest BCUT2D eigenvalue weighted by atomic mass is 31.2. The van der Waals surface area contributed by atoms with Gasteiger partial charge in [-0.15, -0.1) is 0 Å². The summed E-state index contributed by atoms with van der Waals surface area (Å²) >= 11 is 0. The Morgan fingerprint density at radius 3 is 2.00 bits per heavy atom. The van der Waals surface area contributed by atoms with Crippen LogP contribution in [0.25, 0.3) is 0 Å². The Morgan fingerprint density at radius 1 is 1.09 bits per heavy atom. The van der Waals surface area contributed by atoms with Crippen LogP contribution in [0.2, 0.25) is 0 Å². The second kappa shape index (κ2) is 6.65. The normalized spacial score (nSPS) is 20.0. The molecule has 6 nitrogen and oxygen atoms in total. The van der Waals surface area contributed by atoms with E-state index in [4.69, 9.17) is 18.4 Å². The molecule has 0 N–H and O–H groups in total. The molecule has 1 aromatic rings. The Kier molecular flexibility index (Phi) is 5.39. The molecule has 2 heterocycles. The maximum atomic E-state index is 12.7. The summed E-state index contributed by atoms with van der Waals surface area (Å²) in [4.78, 5) is 4.25. The summed E-state index contributed by atoms with van der Waals surface area (Å²) in [5.74, 6) is 0. The summed E-state index contributed by atoms with van der Waals surface area (Å²) < 4.78 is 35.2. The van der Waals surface area contributed by atoms with Crippen LogP contribution in [0.5, 0.6) is 0 Å². The van der Waals surface area contributed by atoms with E-state index >= 15 is 0 Å². The number of hydrogen-bond donors (Lipinski definition) is 0. The van der Waals surface area contributed by atoms with Gasteiger partial charge in [-0.1, -0.05) is 6.07 Å². The first-order valence-corrected chi connectivity index (χ1v) is 9.41. The lowest BCUT2D eigenvalue weighted by Crippen LogP contribution is -2.41. The zero-order valence-electron chi connectivity index (χ0n) is 14.7. The Morgan fingerprint density at radius 2 is 1.61 bits per heavy atom. The quantitative estimate of drug-likeness (QED) is 0.584. The first-order valence-electron chi connectivity index (χ1n) is 7.86. The van der Waals surface area contributed by atoms with Crippen molar-refractivity contribution in [1.29, 1.82) is 0 Å². The molecular weight excluding hydrogens is 316 g/mol. The molecule has 2 rings (SSSR count). The molecule has 0 spiro atoms. The molecule has 0 bridgehead atoms. The minimum absolute atomic E-state index is 0.290. The molecule has 128 valence electrons. The molecule has 0 aromatic carbocycles. The van der Waals surface area contributed by atoms with Crippen molar-refractivity contribution in [3.8, 4) is 0 Å². The highest BCUT2D eigenvalue weighted by molar-refractivity contribution is 7.61. The van der Waals surface area contributed by atoms with Gasteiger partial charge >= 0.3 is 14.7 Å². The van der Waals surface area contributed by atoms with Crippen molar-refractivity contribution in [2.24, 2.45) is 0 Å². The van der Waals surface area contributed by atoms with Crippen molar-refractivity contribution >= 4 is 25.6 Å². The van der Waals surface area contributed by atoms with E-state index in [2.05, 4.69) is 4.98 Å². The van der Waals surface area contributed by atoms with Gasteiger partial charge in [-0.25, -0.2) is 4.98 Å². The topological polar surface area (TPSA) is 66.9 Å². The summed E-state index contributed by atoms with van der Waals surface area (Å²) in [5, 5.41) is 0. The van der Waals surface area contributed by atoms with E-state index in [1.165, 1.54) is 0 Å². The van der Waals surface area contributed by atoms with E-state index in [-0.39, 0.29) is 13.2 Å². The van der Waals surface area contributed by atoms with Crippen molar-refractivity contribution in [2.45, 2.75) is 52.7 Å². The van der Waals surface area contributed by atoms with Crippen molar-refractivity contribution in [3.63, 3.8) is 0 Å². The van der Waals surface area contributed by atoms with E-state index < -0.39 is 25.9 Å². The minimum Gasteiger partial charge on any atom is -0.399 e. The van der Waals surface area contributed by atoms with Gasteiger partial charge in [0.25, 0.3) is 0 Å². The maximum absolute atomic E-state index is 12.7. The fraction of sp³-hybridized carbons (Fsp3) is 0.667. The van der Waals surface area contributed by atoms with Gasteiger partial charge in [-0.2, -0.15) is 0 Å². The van der Waals surface area contributed by atoms with E-state index in [9.17, 15) is 4.57 Å². The summed E-state index contributed by atoms with van der Waals surface area (Å²) in [5.41, 5.74) is 0.235. The molecule has 0 amide bonds. The van der Waals surface area contributed by atoms with Crippen LogP contribution in [-0.4, -0.2) is 36.5 Å². The van der Waals surface area contributed by atoms with Gasteiger partial charge in [-0.3, -0.25) is 4.57 Å². The molecular formula is C15H25BNO5P. The molecule has 0 atom stereocenters. The number of rotatable bonds is 6. The fourth-order valence-corrected chi connectivity index (χ4v) is 3.66. The molecule has 0 saturated carbocycles. The predicted molar refractivity (Wildman–Crippen MR) is 90.4 cm³/mol. The molecule has 1 aliphatic rings. The SMILES string of the molecule is CCOP(=O)(OCC)c1ccc(B2OC(C)(C)C(C)(C)O2)cn1. The lowest BCUT2D eigenvalue weighted by Gasteiger charge is -2.32. The Balaban J connectivity index is 2.22. The van der Waals surface area contributed by atoms with Crippen molar-refractivity contribution in [2.75, 3.05) is 13.2 Å². The maximum Gasteiger partial charge on any atom is 0.496 e. The van der Waals surface area contributed by atoms with Gasteiger partial charge in [0.2, 0.25) is 0 Å². The largest absolute Gasteiger partial charge is 0.496 e. The van der Waals surface area contributed by atoms with Crippen LogP contribution in [0.3, 0.4) is 0 Å². The lowest BCUT2D eigenvalue weighted by molar-refractivity contribution is 0.00578. The second-order valence-electron chi connectivity index (χ2n) is 6.37. The summed E-state index contributed by atoms with van der Waals surface area (Å²) in [7, 11) is -3.87. The van der Waals surface area contributed by atoms with E-state index in [1.807, 2.05) is 27.7 Å². The molecule has 1 aromatic heterocycles. The zero-order valence-corrected chi connectivity index (χ0v) is 15.6. The Bertz CT molecular complexity index is 564. The Hall–Kier alpha value is -0.715. The third-order valence-electron chi connectivity index (χ3n) is 4.17. The van der Waals surface area contributed by atoms with Crippen LogP contribution in [0.15, 0.2) is 18.3 Å². The standard InChI is InChI=1S/C15H25BNO5P/c1-7-19-23(18,20-8-2)13-10-9-12(11-17-13)16-21-14(3,4)15(5,6)22-16/h9-11H,7-8H2,1-6H3. The first kappa shape index (κ1) is 18.6. The van der Waals surface area contributed by atoms with Crippen LogP contribution in [0.4, 0.5) is 0 Å². The van der Waals surface area contributed by atoms with Gasteiger partial charge in [0.15, 0.2) is 5.44 Å². The second-order valence-corrected chi connectivity index (χ2v) is 8.34. The number of aromatic nitrogens is 1. The smallest absolute Gasteiger partial charge is 0.399 e. The summed E-state index contributed by atoms with van der Waals surface area (Å²) in [6, 6.07) is 3.43. The highest BCUT2D eigenvalue weighted by Crippen LogP contribution is 2.45. The van der Waals surface area contributed by atoms with Crippen molar-refractivity contribution in [3.05, 3.63) is 18.3 Å². The molecule has 1 saturated heterocycles. The molecule has 0 unspecified atom stereocenters. The Labute approximate surface area is 138 Å². The van der Waals surface area contributed by atoms with Crippen molar-refractivity contribution < 1.29 is 22.9 Å². The number of pyridine rings is 1. The highest BCUT2D eigenvalue weighted by Gasteiger charge is 2.51. The van der Waals surface area contributed by atoms with E-state index in [1.54, 1.807) is 32.2 Å². The molecule has 1 fully saturated rings. The fourth-order valence-electron chi connectivity index (χ4n) is 2.19. The monoisotopic (exact) mass is 341 g/mol. The number of hydrogen-bond acceptors (Lipinski definition) is 6. The van der Waals surface area contributed by atoms with Crippen LogP contribution in [0, 0.1) is 0 Å². The van der Waals surface area contributed by atoms with Gasteiger partial charge in [0.1, 0.15) is 0 Å². The van der Waals surface area contributed by atoms with Crippen LogP contribution in [-0.2, 0) is 22.9 Å². The lowest BCUT2D eigenvalue weighted by atomic mass is 9.80. The zero-order chi connectivity index (χ0) is 17.3. The third-order valence-corrected chi connectivity index (χ3v) is 6.20. The molecule has 0 radical (unpaired) electrons. The number of nitrogens with zero attached hydrogens (tertiary/aromatic N) is 1. The van der Waals surface area contributed by atoms with Gasteiger partial charge in [0.05, 0.1) is 24.4 Å². The van der Waals surface area contributed by atoms with Gasteiger partial charge in [-0.05, 0) is 47.6 Å². The van der Waals surface area contributed by atoms with Crippen LogP contribution < -0.4 is 10.9 Å². The summed E-state index contributed by atoms with van der Waals surface area (Å²) in [6.45, 7) is 12.1. The van der Waals surface area contributed by atoms with Gasteiger partial charge in [0, 0.05) is 11.7 Å². The summed E-state index contributed by atoms with van der Waals surface area (Å²) in [6.07, 6.45) is 1.60. The van der Waals surface area contributed by atoms with Gasteiger partial charge < -0.3 is 18.4 Å². The van der Waals surface area contributed by atoms with Crippen molar-refractivity contribution in [1.82, 2.24) is 4.98 Å². The van der Waals surface area contributed by atoms with Crippen LogP contribution in [0.1, 0.15) is 41.5 Å². The molecule has 0 aliphatic carbocycles.